The highest BCUT2D eigenvalue weighted by Gasteiger charge is 2.50. The monoisotopic (exact) mass is 468 g/mol. The number of rotatable bonds is 6. The number of likely N-dealkylation sites (N-methyl/N-ethyl adjacent to an activating group) is 1. The minimum absolute atomic E-state index is 0.104. The van der Waals surface area contributed by atoms with E-state index < -0.39 is 85.6 Å². The molecule has 14 atom stereocenters. The van der Waals surface area contributed by atoms with Gasteiger partial charge < -0.3 is 72.1 Å². The van der Waals surface area contributed by atoms with Crippen LogP contribution in [0.1, 0.15) is 6.42 Å². The molecule has 1 aliphatic carbocycles. The van der Waals surface area contributed by atoms with E-state index in [1.54, 1.807) is 7.05 Å². The number of aliphatic hydroxyl groups excluding tert-OH is 6. The number of nitrogens with one attached hydrogen (secondary N) is 1. The average molecular weight is 469 g/mol. The van der Waals surface area contributed by atoms with Crippen molar-refractivity contribution in [1.82, 2.24) is 5.32 Å². The Morgan fingerprint density at radius 2 is 1.44 bits per heavy atom. The van der Waals surface area contributed by atoms with Crippen LogP contribution in [-0.4, -0.2) is 136 Å². The summed E-state index contributed by atoms with van der Waals surface area (Å²) in [4.78, 5) is 0. The normalized spacial score (nSPS) is 52.7. The van der Waals surface area contributed by atoms with Crippen molar-refractivity contribution < 1.29 is 49.6 Å². The summed E-state index contributed by atoms with van der Waals surface area (Å²) in [5.41, 5.74) is 17.8. The Bertz CT molecular complexity index is 606. The van der Waals surface area contributed by atoms with E-state index in [-0.39, 0.29) is 19.6 Å². The summed E-state index contributed by atoms with van der Waals surface area (Å²) in [6.07, 6.45) is -13.9. The van der Waals surface area contributed by atoms with Crippen LogP contribution in [0.15, 0.2) is 0 Å². The van der Waals surface area contributed by atoms with E-state index in [0.29, 0.717) is 0 Å². The molecule has 2 aliphatic heterocycles. The Morgan fingerprint density at radius 3 is 2.00 bits per heavy atom. The Kier molecular flexibility index (Phi) is 8.79. The SMILES string of the molecule is CN[C@@H]1[C@@H](O)[C@@H](O[C@@H]2[C@@H](O)[C@H](O[C@H]3O[C@H](CN)[C@@H](O)[C@H](O)[C@H]3O)[C@@H](N)C[C@H]2N)OC[C@@H]1O. The highest BCUT2D eigenvalue weighted by Crippen LogP contribution is 2.30. The van der Waals surface area contributed by atoms with E-state index in [1.165, 1.54) is 0 Å². The Morgan fingerprint density at radius 1 is 0.844 bits per heavy atom. The van der Waals surface area contributed by atoms with Crippen LogP contribution in [-0.2, 0) is 18.9 Å². The Labute approximate surface area is 185 Å². The van der Waals surface area contributed by atoms with Crippen molar-refractivity contribution in [2.45, 2.75) is 92.1 Å². The van der Waals surface area contributed by atoms with E-state index in [9.17, 15) is 30.6 Å². The van der Waals surface area contributed by atoms with Gasteiger partial charge in [0.15, 0.2) is 12.6 Å². The minimum Gasteiger partial charge on any atom is -0.389 e. The zero-order valence-electron chi connectivity index (χ0n) is 17.8. The van der Waals surface area contributed by atoms with Gasteiger partial charge in [0, 0.05) is 18.6 Å². The molecule has 32 heavy (non-hydrogen) atoms. The molecule has 188 valence electrons. The molecule has 0 aromatic heterocycles. The second kappa shape index (κ2) is 10.8. The van der Waals surface area contributed by atoms with Crippen LogP contribution in [0.25, 0.3) is 0 Å². The second-order valence-electron chi connectivity index (χ2n) is 8.58. The third-order valence-corrected chi connectivity index (χ3v) is 6.37. The lowest BCUT2D eigenvalue weighted by atomic mass is 9.84. The van der Waals surface area contributed by atoms with Crippen LogP contribution in [0.3, 0.4) is 0 Å². The number of hydrogen-bond acceptors (Lipinski definition) is 14. The molecule has 13 N–H and O–H groups in total. The third-order valence-electron chi connectivity index (χ3n) is 6.37. The zero-order chi connectivity index (χ0) is 23.7. The van der Waals surface area contributed by atoms with E-state index in [1.807, 2.05) is 0 Å². The van der Waals surface area contributed by atoms with Crippen LogP contribution in [0.2, 0.25) is 0 Å². The maximum Gasteiger partial charge on any atom is 0.187 e. The van der Waals surface area contributed by atoms with Gasteiger partial charge in [-0.25, -0.2) is 0 Å². The molecule has 0 unspecified atom stereocenters. The molecular weight excluding hydrogens is 432 g/mol. The molecule has 14 nitrogen and oxygen atoms in total. The highest BCUT2D eigenvalue weighted by molar-refractivity contribution is 5.01. The van der Waals surface area contributed by atoms with Gasteiger partial charge in [0.05, 0.1) is 18.8 Å². The van der Waals surface area contributed by atoms with Crippen molar-refractivity contribution in [3.8, 4) is 0 Å². The predicted molar refractivity (Wildman–Crippen MR) is 107 cm³/mol. The Hall–Kier alpha value is -0.560. The first-order chi connectivity index (χ1) is 15.1. The van der Waals surface area contributed by atoms with Gasteiger partial charge in [-0.15, -0.1) is 0 Å². The van der Waals surface area contributed by atoms with Gasteiger partial charge in [-0.05, 0) is 13.5 Å². The molecule has 3 rings (SSSR count). The van der Waals surface area contributed by atoms with Gasteiger partial charge in [0.25, 0.3) is 0 Å². The largest absolute Gasteiger partial charge is 0.389 e. The predicted octanol–water partition coefficient (Wildman–Crippen LogP) is -6.39. The molecule has 3 fully saturated rings. The fourth-order valence-corrected chi connectivity index (χ4v) is 4.45. The van der Waals surface area contributed by atoms with Gasteiger partial charge in [-0.1, -0.05) is 0 Å². The third kappa shape index (κ3) is 5.08. The molecule has 0 radical (unpaired) electrons. The number of ether oxygens (including phenoxy) is 4. The molecule has 0 aromatic rings. The van der Waals surface area contributed by atoms with E-state index >= 15 is 0 Å². The summed E-state index contributed by atoms with van der Waals surface area (Å²) in [5.74, 6) is 0. The smallest absolute Gasteiger partial charge is 0.187 e. The first kappa shape index (κ1) is 26.1. The molecule has 0 aromatic carbocycles. The van der Waals surface area contributed by atoms with E-state index in [2.05, 4.69) is 5.32 Å². The molecule has 0 bridgehead atoms. The maximum absolute atomic E-state index is 10.9. The highest BCUT2D eigenvalue weighted by atomic mass is 16.7. The molecule has 14 heteroatoms. The summed E-state index contributed by atoms with van der Waals surface area (Å²) < 4.78 is 22.3. The van der Waals surface area contributed by atoms with Crippen molar-refractivity contribution in [3.63, 3.8) is 0 Å². The van der Waals surface area contributed by atoms with Crippen LogP contribution < -0.4 is 22.5 Å². The van der Waals surface area contributed by atoms with Crippen molar-refractivity contribution in [1.29, 1.82) is 0 Å². The molecule has 2 saturated heterocycles. The lowest BCUT2D eigenvalue weighted by Gasteiger charge is -2.47. The first-order valence-corrected chi connectivity index (χ1v) is 10.7. The zero-order valence-corrected chi connectivity index (χ0v) is 17.8. The second-order valence-corrected chi connectivity index (χ2v) is 8.58. The summed E-state index contributed by atoms with van der Waals surface area (Å²) in [6.45, 7) is -0.246. The summed E-state index contributed by atoms with van der Waals surface area (Å²) in [6, 6.07) is -2.23. The maximum atomic E-state index is 10.9. The molecule has 0 amide bonds. The van der Waals surface area contributed by atoms with Crippen molar-refractivity contribution in [3.05, 3.63) is 0 Å². The topological polar surface area (TPSA) is 248 Å². The molecule has 3 aliphatic rings. The van der Waals surface area contributed by atoms with Gasteiger partial charge in [-0.3, -0.25) is 0 Å². The first-order valence-electron chi connectivity index (χ1n) is 10.7. The number of nitrogens with two attached hydrogens (primary N) is 3. The van der Waals surface area contributed by atoms with Crippen LogP contribution in [0.5, 0.6) is 0 Å². The van der Waals surface area contributed by atoms with Crippen LogP contribution >= 0.6 is 0 Å². The molecular formula is C18H36N4O10. The Balaban J connectivity index is 1.70. The molecule has 1 saturated carbocycles. The van der Waals surface area contributed by atoms with Gasteiger partial charge in [0.2, 0.25) is 0 Å². The summed E-state index contributed by atoms with van der Waals surface area (Å²) in [7, 11) is 1.57. The quantitative estimate of drug-likeness (QED) is 0.174. The minimum atomic E-state index is -1.62. The van der Waals surface area contributed by atoms with Crippen molar-refractivity contribution >= 4 is 0 Å². The fourth-order valence-electron chi connectivity index (χ4n) is 4.45. The van der Waals surface area contributed by atoms with Crippen LogP contribution in [0, 0.1) is 0 Å². The standard InChI is InChI=1S/C18H36N4O10/c1-22-9-7(23)4-29-17(11(9)25)31-15-5(20)2-6(21)16(14(15)28)32-18-13(27)12(26)10(24)8(3-19)30-18/h5-18,22-28H,2-4,19-21H2,1H3/t5-,6+,7+,8-,9+,10-,11-,12+,13-,14-,15+,16-,17-,18-/m1/s1. The van der Waals surface area contributed by atoms with Crippen molar-refractivity contribution in [2.24, 2.45) is 17.2 Å². The lowest BCUT2D eigenvalue weighted by molar-refractivity contribution is -0.327. The molecule has 0 spiro atoms. The average Bonchev–Trinajstić information content (AvgIpc) is 2.75. The van der Waals surface area contributed by atoms with E-state index in [4.69, 9.17) is 36.1 Å². The number of hydrogen-bond donors (Lipinski definition) is 10. The fraction of sp³-hybridized carbons (Fsp3) is 1.00. The lowest BCUT2D eigenvalue weighted by Crippen LogP contribution is -2.67. The summed E-state index contributed by atoms with van der Waals surface area (Å²) in [5, 5.41) is 64.4. The van der Waals surface area contributed by atoms with Crippen LogP contribution in [0.4, 0.5) is 0 Å². The summed E-state index contributed by atoms with van der Waals surface area (Å²) >= 11 is 0. The van der Waals surface area contributed by atoms with Gasteiger partial charge in [0.1, 0.15) is 48.8 Å². The van der Waals surface area contributed by atoms with Crippen molar-refractivity contribution in [2.75, 3.05) is 20.2 Å². The molecule has 2 heterocycles. The number of aliphatic hydroxyl groups is 6. The van der Waals surface area contributed by atoms with Gasteiger partial charge in [-0.2, -0.15) is 0 Å². The van der Waals surface area contributed by atoms with E-state index in [0.717, 1.165) is 0 Å². The van der Waals surface area contributed by atoms with Gasteiger partial charge >= 0.3 is 0 Å².